The molecule has 0 aliphatic heterocycles. The Balaban J connectivity index is -0.000000101. The second-order valence-corrected chi connectivity index (χ2v) is 2.95. The van der Waals surface area contributed by atoms with Gasteiger partial charge in [-0.2, -0.15) is 0 Å². The molecule has 0 spiro atoms. The van der Waals surface area contributed by atoms with Crippen molar-refractivity contribution in [3.63, 3.8) is 0 Å². The highest BCUT2D eigenvalue weighted by atomic mass is 15.1. The molecule has 104 valence electrons. The molecule has 0 saturated carbocycles. The van der Waals surface area contributed by atoms with Crippen LogP contribution in [-0.2, 0) is 0 Å². The molecule has 0 aromatic rings. The van der Waals surface area contributed by atoms with Crippen molar-refractivity contribution < 1.29 is 0 Å². The number of nitrogens with zero attached hydrogens (tertiary/aromatic N) is 1. The number of aliphatic imine (C=N–C) groups is 1. The van der Waals surface area contributed by atoms with E-state index in [9.17, 15) is 0 Å². The Bertz CT molecular complexity index is 122. The normalized spacial score (nSPS) is 8.75. The van der Waals surface area contributed by atoms with Crippen LogP contribution in [0.3, 0.4) is 0 Å². The number of nitrogens with two attached hydrogens (primary N) is 1. The summed E-state index contributed by atoms with van der Waals surface area (Å²) < 4.78 is 0. The predicted octanol–water partition coefficient (Wildman–Crippen LogP) is 4.04. The number of unbranched alkanes of at least 4 members (excludes halogenated alkanes) is 4. The van der Waals surface area contributed by atoms with Crippen LogP contribution in [0.5, 0.6) is 0 Å². The summed E-state index contributed by atoms with van der Waals surface area (Å²) in [5.41, 5.74) is 5.45. The molecule has 0 aromatic carbocycles. The Morgan fingerprint density at radius 2 is 1.50 bits per heavy atom. The fourth-order valence-corrected chi connectivity index (χ4v) is 1.02. The van der Waals surface area contributed by atoms with Gasteiger partial charge in [0.2, 0.25) is 0 Å². The third-order valence-electron chi connectivity index (χ3n) is 1.83. The minimum atomic E-state index is 0. The van der Waals surface area contributed by atoms with Crippen LogP contribution in [0.15, 0.2) is 4.99 Å². The van der Waals surface area contributed by atoms with Gasteiger partial charge in [-0.05, 0) is 6.42 Å². The molecule has 0 fully saturated rings. The van der Waals surface area contributed by atoms with E-state index in [0.717, 1.165) is 6.54 Å². The molecule has 0 bridgehead atoms. The summed E-state index contributed by atoms with van der Waals surface area (Å²) in [5.74, 6) is 0.547. The predicted molar refractivity (Wildman–Crippen MR) is 81.2 cm³/mol. The monoisotopic (exact) mass is 235 g/mol. The van der Waals surface area contributed by atoms with E-state index in [0.29, 0.717) is 5.96 Å². The van der Waals surface area contributed by atoms with E-state index in [1.165, 1.54) is 32.1 Å². The average Bonchev–Trinajstić information content (AvgIpc) is 2.10. The van der Waals surface area contributed by atoms with Crippen LogP contribution in [0, 0.1) is 0 Å². The lowest BCUT2D eigenvalue weighted by molar-refractivity contribution is 0.623. The van der Waals surface area contributed by atoms with Crippen molar-refractivity contribution in [2.45, 2.75) is 68.7 Å². The zero-order chi connectivity index (χ0) is 9.23. The summed E-state index contributed by atoms with van der Waals surface area (Å²) in [7, 11) is 1.69. The first kappa shape index (κ1) is 29.5. The number of rotatable bonds is 6. The lowest BCUT2D eigenvalue weighted by Crippen LogP contribution is -2.31. The van der Waals surface area contributed by atoms with Crippen molar-refractivity contribution in [3.05, 3.63) is 0 Å². The third-order valence-corrected chi connectivity index (χ3v) is 1.83. The Labute approximate surface area is 105 Å². The van der Waals surface area contributed by atoms with Gasteiger partial charge in [0.25, 0.3) is 0 Å². The van der Waals surface area contributed by atoms with E-state index in [1.807, 2.05) is 0 Å². The highest BCUT2D eigenvalue weighted by Gasteiger charge is 1.89. The molecule has 3 heteroatoms. The van der Waals surface area contributed by atoms with E-state index in [-0.39, 0.29) is 29.7 Å². The summed E-state index contributed by atoms with van der Waals surface area (Å²) in [6.07, 6.45) is 6.46. The average molecular weight is 235 g/mol. The molecule has 0 rings (SSSR count). The topological polar surface area (TPSA) is 50.4 Å². The van der Waals surface area contributed by atoms with E-state index < -0.39 is 0 Å². The van der Waals surface area contributed by atoms with Gasteiger partial charge in [0.05, 0.1) is 0 Å². The Kier molecular flexibility index (Phi) is 43.9. The van der Waals surface area contributed by atoms with Crippen molar-refractivity contribution >= 4 is 5.96 Å². The van der Waals surface area contributed by atoms with Crippen molar-refractivity contribution in [1.82, 2.24) is 5.32 Å². The Hall–Kier alpha value is -0.730. The van der Waals surface area contributed by atoms with Gasteiger partial charge in [0.1, 0.15) is 0 Å². The molecule has 0 aromatic heterocycles. The second-order valence-electron chi connectivity index (χ2n) is 2.95. The number of nitrogens with one attached hydrogen (secondary N) is 1. The fourth-order valence-electron chi connectivity index (χ4n) is 1.02. The van der Waals surface area contributed by atoms with Crippen LogP contribution in [0.4, 0.5) is 0 Å². The molecular formula is C13H37N3. The highest BCUT2D eigenvalue weighted by molar-refractivity contribution is 5.77. The lowest BCUT2D eigenvalue weighted by Gasteiger charge is -2.03. The standard InChI is InChI=1S/C9H21N3.4CH4/c1-3-4-5-6-7-8-12-9(10)11-2;;;;/h3-8H2,1-2H3,(H3,10,11,12);4*1H4. The minimum absolute atomic E-state index is 0. The molecule has 0 aliphatic rings. The van der Waals surface area contributed by atoms with Crippen molar-refractivity contribution in [2.24, 2.45) is 10.7 Å². The first-order valence-electron chi connectivity index (χ1n) is 4.77. The summed E-state index contributed by atoms with van der Waals surface area (Å²) in [5, 5.41) is 3.04. The number of hydrogen-bond donors (Lipinski definition) is 2. The molecule has 3 N–H and O–H groups in total. The molecular weight excluding hydrogens is 198 g/mol. The van der Waals surface area contributed by atoms with Crippen LogP contribution < -0.4 is 11.1 Å². The maximum atomic E-state index is 5.45. The van der Waals surface area contributed by atoms with Crippen molar-refractivity contribution in [1.29, 1.82) is 0 Å². The zero-order valence-electron chi connectivity index (χ0n) is 8.27. The molecule has 3 nitrogen and oxygen atoms in total. The number of hydrogen-bond acceptors (Lipinski definition) is 1. The molecule has 0 unspecified atom stereocenters. The van der Waals surface area contributed by atoms with Crippen LogP contribution >= 0.6 is 0 Å². The van der Waals surface area contributed by atoms with Gasteiger partial charge < -0.3 is 11.1 Å². The first-order chi connectivity index (χ1) is 5.81. The zero-order valence-corrected chi connectivity index (χ0v) is 8.27. The van der Waals surface area contributed by atoms with E-state index in [4.69, 9.17) is 5.73 Å². The van der Waals surface area contributed by atoms with Gasteiger partial charge in [-0.25, -0.2) is 0 Å². The molecule has 0 saturated heterocycles. The van der Waals surface area contributed by atoms with Crippen LogP contribution in [0.2, 0.25) is 0 Å². The maximum Gasteiger partial charge on any atom is 0.188 e. The quantitative estimate of drug-likeness (QED) is 0.415. The summed E-state index contributed by atoms with van der Waals surface area (Å²) in [4.78, 5) is 3.81. The van der Waals surface area contributed by atoms with Crippen molar-refractivity contribution in [3.8, 4) is 0 Å². The fraction of sp³-hybridized carbons (Fsp3) is 0.923. The minimum Gasteiger partial charge on any atom is -0.370 e. The lowest BCUT2D eigenvalue weighted by atomic mass is 10.1. The second kappa shape index (κ2) is 23.8. The molecule has 16 heavy (non-hydrogen) atoms. The van der Waals surface area contributed by atoms with Gasteiger partial charge in [-0.15, -0.1) is 0 Å². The highest BCUT2D eigenvalue weighted by Crippen LogP contribution is 2.00. The van der Waals surface area contributed by atoms with Gasteiger partial charge in [-0.1, -0.05) is 62.3 Å². The molecule has 0 amide bonds. The Morgan fingerprint density at radius 3 is 1.94 bits per heavy atom. The summed E-state index contributed by atoms with van der Waals surface area (Å²) >= 11 is 0. The Morgan fingerprint density at radius 1 is 1.00 bits per heavy atom. The maximum absolute atomic E-state index is 5.45. The van der Waals surface area contributed by atoms with E-state index >= 15 is 0 Å². The number of guanidine groups is 1. The van der Waals surface area contributed by atoms with Gasteiger partial charge >= 0.3 is 0 Å². The largest absolute Gasteiger partial charge is 0.370 e. The third kappa shape index (κ3) is 23.2. The molecule has 0 atom stereocenters. The SMILES string of the molecule is C.C.C.C.CCCCCCCNC(N)=NC. The van der Waals surface area contributed by atoms with Crippen LogP contribution in [0.25, 0.3) is 0 Å². The van der Waals surface area contributed by atoms with Gasteiger partial charge in [-0.3, -0.25) is 4.99 Å². The molecule has 0 radical (unpaired) electrons. The molecule has 0 heterocycles. The van der Waals surface area contributed by atoms with Gasteiger partial charge in [0, 0.05) is 13.6 Å². The van der Waals surface area contributed by atoms with Crippen LogP contribution in [-0.4, -0.2) is 19.6 Å². The van der Waals surface area contributed by atoms with E-state index in [1.54, 1.807) is 7.05 Å². The first-order valence-corrected chi connectivity index (χ1v) is 4.77. The summed E-state index contributed by atoms with van der Waals surface area (Å²) in [6.45, 7) is 3.17. The van der Waals surface area contributed by atoms with Crippen LogP contribution in [0.1, 0.15) is 68.7 Å². The van der Waals surface area contributed by atoms with Crippen molar-refractivity contribution in [2.75, 3.05) is 13.6 Å². The van der Waals surface area contributed by atoms with E-state index in [2.05, 4.69) is 17.2 Å². The molecule has 0 aliphatic carbocycles. The summed E-state index contributed by atoms with van der Waals surface area (Å²) in [6, 6.07) is 0. The smallest absolute Gasteiger partial charge is 0.188 e. The van der Waals surface area contributed by atoms with Gasteiger partial charge in [0.15, 0.2) is 5.96 Å².